The second-order valence-electron chi connectivity index (χ2n) is 8.11. The first-order valence-corrected chi connectivity index (χ1v) is 13.0. The van der Waals surface area contributed by atoms with Crippen molar-refractivity contribution in [2.75, 3.05) is 11.1 Å². The maximum Gasteiger partial charge on any atom is 0.251 e. The van der Waals surface area contributed by atoms with Crippen molar-refractivity contribution in [1.29, 1.82) is 0 Å². The second-order valence-corrected chi connectivity index (χ2v) is 10.3. The van der Waals surface area contributed by atoms with Gasteiger partial charge in [-0.05, 0) is 71.3 Å². The third kappa shape index (κ3) is 7.42. The van der Waals surface area contributed by atoms with Crippen LogP contribution < -0.4 is 10.6 Å². The number of thioether (sulfide) groups is 1. The van der Waals surface area contributed by atoms with Crippen LogP contribution in [0, 0.1) is 9.49 Å². The van der Waals surface area contributed by atoms with Crippen molar-refractivity contribution in [1.82, 2.24) is 20.1 Å². The number of carbonyl (C=O) groups excluding carboxylic acids is 2. The number of hydrogen-bond donors (Lipinski definition) is 2. The zero-order chi connectivity index (χ0) is 24.5. The van der Waals surface area contributed by atoms with Crippen molar-refractivity contribution >= 4 is 51.9 Å². The van der Waals surface area contributed by atoms with Gasteiger partial charge in [0.15, 0.2) is 11.0 Å². The van der Waals surface area contributed by atoms with Crippen LogP contribution in [0.3, 0.4) is 0 Å². The molecular weight excluding hydrogens is 561 g/mol. The number of anilines is 1. The highest BCUT2D eigenvalue weighted by Gasteiger charge is 2.24. The molecule has 1 atom stereocenters. The monoisotopic (exact) mass is 589 g/mol. The van der Waals surface area contributed by atoms with Crippen molar-refractivity contribution in [3.05, 3.63) is 82.2 Å². The van der Waals surface area contributed by atoms with E-state index in [4.69, 9.17) is 0 Å². The Morgan fingerprint density at radius 3 is 2.47 bits per heavy atom. The third-order valence-corrected chi connectivity index (χ3v) is 6.56. The average molecular weight is 590 g/mol. The fourth-order valence-electron chi connectivity index (χ4n) is 3.36. The van der Waals surface area contributed by atoms with Gasteiger partial charge in [-0.2, -0.15) is 0 Å². The van der Waals surface area contributed by atoms with Gasteiger partial charge < -0.3 is 15.2 Å². The summed E-state index contributed by atoms with van der Waals surface area (Å²) in [5, 5.41) is 15.3. The van der Waals surface area contributed by atoms with Gasteiger partial charge in [-0.1, -0.05) is 49.9 Å². The highest BCUT2D eigenvalue weighted by atomic mass is 127. The summed E-state index contributed by atoms with van der Waals surface area (Å²) < 4.78 is 3.01. The van der Waals surface area contributed by atoms with E-state index in [9.17, 15) is 9.59 Å². The van der Waals surface area contributed by atoms with E-state index in [2.05, 4.69) is 63.8 Å². The lowest BCUT2D eigenvalue weighted by atomic mass is 10.0. The summed E-state index contributed by atoms with van der Waals surface area (Å²) >= 11 is 3.53. The van der Waals surface area contributed by atoms with Crippen molar-refractivity contribution in [2.24, 2.45) is 5.92 Å². The van der Waals surface area contributed by atoms with Crippen molar-refractivity contribution in [3.63, 3.8) is 0 Å². The van der Waals surface area contributed by atoms with Gasteiger partial charge in [-0.25, -0.2) is 0 Å². The van der Waals surface area contributed by atoms with E-state index in [-0.39, 0.29) is 23.6 Å². The number of nitrogens with zero attached hydrogens (tertiary/aromatic N) is 3. The highest BCUT2D eigenvalue weighted by molar-refractivity contribution is 14.1. The molecule has 2 amide bonds. The van der Waals surface area contributed by atoms with Crippen LogP contribution in [0.1, 0.15) is 42.5 Å². The molecule has 34 heavy (non-hydrogen) atoms. The molecule has 0 saturated carbocycles. The number of aromatic nitrogens is 3. The Balaban J connectivity index is 1.75. The van der Waals surface area contributed by atoms with Crippen molar-refractivity contribution < 1.29 is 9.59 Å². The number of benzene rings is 2. The molecule has 0 saturated heterocycles. The molecule has 9 heteroatoms. The lowest BCUT2D eigenvalue weighted by Crippen LogP contribution is -2.31. The van der Waals surface area contributed by atoms with Crippen LogP contribution in [0.15, 0.2) is 72.4 Å². The van der Waals surface area contributed by atoms with E-state index in [1.54, 1.807) is 18.2 Å². The van der Waals surface area contributed by atoms with E-state index in [0.717, 1.165) is 9.26 Å². The summed E-state index contributed by atoms with van der Waals surface area (Å²) in [7, 11) is 0. The first kappa shape index (κ1) is 26.0. The van der Waals surface area contributed by atoms with Gasteiger partial charge in [-0.15, -0.1) is 16.8 Å². The Morgan fingerprint density at radius 1 is 1.12 bits per heavy atom. The fraction of sp³-hybridized carbons (Fsp3) is 0.280. The molecule has 1 aromatic heterocycles. The normalized spacial score (nSPS) is 11.8. The van der Waals surface area contributed by atoms with E-state index >= 15 is 0 Å². The van der Waals surface area contributed by atoms with Crippen LogP contribution >= 0.6 is 34.4 Å². The smallest absolute Gasteiger partial charge is 0.251 e. The molecule has 178 valence electrons. The Morgan fingerprint density at radius 2 is 1.82 bits per heavy atom. The van der Waals surface area contributed by atoms with E-state index in [1.165, 1.54) is 11.8 Å². The van der Waals surface area contributed by atoms with E-state index < -0.39 is 0 Å². The molecule has 3 aromatic rings. The molecule has 0 aliphatic rings. The zero-order valence-corrected chi connectivity index (χ0v) is 22.2. The first-order chi connectivity index (χ1) is 16.4. The van der Waals surface area contributed by atoms with Gasteiger partial charge in [0.25, 0.3) is 5.91 Å². The van der Waals surface area contributed by atoms with E-state index in [1.807, 2.05) is 47.0 Å². The lowest BCUT2D eigenvalue weighted by Gasteiger charge is -2.21. The van der Waals surface area contributed by atoms with Gasteiger partial charge in [-0.3, -0.25) is 9.59 Å². The number of nitrogens with one attached hydrogen (secondary N) is 2. The SMILES string of the molecule is C=CCn1c(SCC(=O)Nc2ccc(I)cc2)nnc1C(CC(C)C)NC(=O)c1ccccc1. The summed E-state index contributed by atoms with van der Waals surface area (Å²) in [5.41, 5.74) is 1.34. The van der Waals surface area contributed by atoms with E-state index in [0.29, 0.717) is 35.4 Å². The molecule has 0 aliphatic heterocycles. The van der Waals surface area contributed by atoms with Gasteiger partial charge in [0, 0.05) is 21.4 Å². The Bertz CT molecular complexity index is 1120. The maximum atomic E-state index is 12.8. The zero-order valence-electron chi connectivity index (χ0n) is 19.2. The van der Waals surface area contributed by atoms with Crippen molar-refractivity contribution in [2.45, 2.75) is 38.0 Å². The molecule has 2 aromatic carbocycles. The maximum absolute atomic E-state index is 12.8. The van der Waals surface area contributed by atoms with Crippen LogP contribution in [-0.4, -0.2) is 32.3 Å². The minimum absolute atomic E-state index is 0.128. The second kappa shape index (κ2) is 12.7. The molecule has 7 nitrogen and oxygen atoms in total. The van der Waals surface area contributed by atoms with Gasteiger partial charge in [0.2, 0.25) is 5.91 Å². The van der Waals surface area contributed by atoms with Crippen molar-refractivity contribution in [3.8, 4) is 0 Å². The number of halogens is 1. The quantitative estimate of drug-likeness (QED) is 0.180. The summed E-state index contributed by atoms with van der Waals surface area (Å²) in [6, 6.07) is 16.4. The fourth-order valence-corrected chi connectivity index (χ4v) is 4.47. The standard InChI is InChI=1S/C25H28IN5O2S/c1-4-14-31-23(21(15-17(2)3)28-24(33)18-8-6-5-7-9-18)29-30-25(31)34-16-22(32)27-20-12-10-19(26)11-13-20/h4-13,17,21H,1,14-16H2,2-3H3,(H,27,32)(H,28,33). The Labute approximate surface area is 218 Å². The first-order valence-electron chi connectivity index (χ1n) is 11.0. The van der Waals surface area contributed by atoms with Crippen LogP contribution in [0.5, 0.6) is 0 Å². The minimum atomic E-state index is -0.324. The summed E-state index contributed by atoms with van der Waals surface area (Å²) in [6.07, 6.45) is 2.46. The lowest BCUT2D eigenvalue weighted by molar-refractivity contribution is -0.113. The Hall–Kier alpha value is -2.66. The predicted molar refractivity (Wildman–Crippen MR) is 145 cm³/mol. The van der Waals surface area contributed by atoms with Gasteiger partial charge >= 0.3 is 0 Å². The molecule has 1 heterocycles. The molecule has 1 unspecified atom stereocenters. The molecular formula is C25H28IN5O2S. The largest absolute Gasteiger partial charge is 0.342 e. The van der Waals surface area contributed by atoms with Crippen LogP contribution in [0.4, 0.5) is 5.69 Å². The topological polar surface area (TPSA) is 88.9 Å². The van der Waals surface area contributed by atoms with Crippen LogP contribution in [-0.2, 0) is 11.3 Å². The predicted octanol–water partition coefficient (Wildman–Crippen LogP) is 5.32. The number of carbonyl (C=O) groups is 2. The number of hydrogen-bond acceptors (Lipinski definition) is 5. The average Bonchev–Trinajstić information content (AvgIpc) is 3.22. The minimum Gasteiger partial charge on any atom is -0.342 e. The summed E-state index contributed by atoms with van der Waals surface area (Å²) in [6.45, 7) is 8.52. The molecule has 0 spiro atoms. The molecule has 3 rings (SSSR count). The summed E-state index contributed by atoms with van der Waals surface area (Å²) in [5.74, 6) is 0.874. The number of allylic oxidation sites excluding steroid dienone is 1. The molecule has 0 bridgehead atoms. The van der Waals surface area contributed by atoms with Crippen LogP contribution in [0.2, 0.25) is 0 Å². The third-order valence-electron chi connectivity index (χ3n) is 4.88. The molecule has 0 aliphatic carbocycles. The molecule has 0 radical (unpaired) electrons. The number of amides is 2. The molecule has 0 fully saturated rings. The van der Waals surface area contributed by atoms with Gasteiger partial charge in [0.1, 0.15) is 0 Å². The highest BCUT2D eigenvalue weighted by Crippen LogP contribution is 2.25. The molecule has 2 N–H and O–H groups in total. The Kier molecular flexibility index (Phi) is 9.70. The van der Waals surface area contributed by atoms with Gasteiger partial charge in [0.05, 0.1) is 11.8 Å². The number of rotatable bonds is 11. The summed E-state index contributed by atoms with van der Waals surface area (Å²) in [4.78, 5) is 25.3. The van der Waals surface area contributed by atoms with Crippen LogP contribution in [0.25, 0.3) is 0 Å².